The second-order valence-corrected chi connectivity index (χ2v) is 10.5. The second-order valence-electron chi connectivity index (χ2n) is 10.5. The second kappa shape index (κ2) is 11.7. The molecule has 0 fully saturated rings. The normalized spacial score (nSPS) is 14.9. The summed E-state index contributed by atoms with van der Waals surface area (Å²) in [5.41, 5.74) is -1.50. The Kier molecular flexibility index (Phi) is 7.73. The first-order valence-corrected chi connectivity index (χ1v) is 13.6. The Bertz CT molecular complexity index is 2510. The highest BCUT2D eigenvalue weighted by molar-refractivity contribution is 6.30. The summed E-state index contributed by atoms with van der Waals surface area (Å²) in [4.78, 5) is 10.4. The summed E-state index contributed by atoms with van der Waals surface area (Å²) < 4.78 is 41.0. The Labute approximate surface area is 272 Å². The molecule has 0 heterocycles. The van der Waals surface area contributed by atoms with Gasteiger partial charge in [-0.25, -0.2) is 25.1 Å². The Hall–Kier alpha value is -7.67. The zero-order valence-corrected chi connectivity index (χ0v) is 24.8. The van der Waals surface area contributed by atoms with E-state index in [-0.39, 0.29) is 66.9 Å². The molecule has 2 aliphatic carbocycles. The first-order chi connectivity index (χ1) is 22.9. The van der Waals surface area contributed by atoms with Crippen LogP contribution >= 0.6 is 0 Å². The van der Waals surface area contributed by atoms with Gasteiger partial charge in [0.1, 0.15) is 6.07 Å². The molecule has 0 atom stereocenters. The third-order valence-corrected chi connectivity index (χ3v) is 8.11. The number of halogens is 3. The third kappa shape index (κ3) is 4.55. The largest absolute Gasteiger partial charge is 0.417 e. The van der Waals surface area contributed by atoms with Crippen LogP contribution in [0.5, 0.6) is 0 Å². The summed E-state index contributed by atoms with van der Waals surface area (Å²) in [6.45, 7) is 27.4. The van der Waals surface area contributed by atoms with Crippen LogP contribution in [0, 0.1) is 90.2 Å². The number of hydrogen-bond acceptors (Lipinski definition) is 5. The zero-order chi connectivity index (χ0) is 35.1. The minimum atomic E-state index is -4.88. The molecule has 222 valence electrons. The summed E-state index contributed by atoms with van der Waals surface area (Å²) in [7, 11) is 0. The summed E-state index contributed by atoms with van der Waals surface area (Å²) in [6, 6.07) is 18.3. The third-order valence-electron chi connectivity index (χ3n) is 8.11. The lowest BCUT2D eigenvalue weighted by Crippen LogP contribution is -2.08. The van der Waals surface area contributed by atoms with Crippen LogP contribution in [0.2, 0.25) is 0 Å². The molecule has 0 amide bonds. The molecule has 0 spiro atoms. The van der Waals surface area contributed by atoms with Crippen molar-refractivity contribution in [1.29, 1.82) is 26.3 Å². The van der Waals surface area contributed by atoms with Gasteiger partial charge in [-0.15, -0.1) is 0 Å². The van der Waals surface area contributed by atoms with Gasteiger partial charge in [0.05, 0.1) is 66.3 Å². The van der Waals surface area contributed by atoms with Gasteiger partial charge in [-0.05, 0) is 82.1 Å². The fourth-order valence-corrected chi connectivity index (χ4v) is 5.95. The number of alkyl halides is 3. The van der Waals surface area contributed by atoms with E-state index in [0.717, 1.165) is 23.3 Å². The Morgan fingerprint density at radius 3 is 1.77 bits per heavy atom. The van der Waals surface area contributed by atoms with E-state index in [1.165, 1.54) is 12.1 Å². The van der Waals surface area contributed by atoms with Gasteiger partial charge in [0, 0.05) is 16.7 Å². The Morgan fingerprint density at radius 2 is 1.27 bits per heavy atom. The number of allylic oxidation sites excluding steroid dienone is 7. The fourth-order valence-electron chi connectivity index (χ4n) is 5.95. The Balaban J connectivity index is 2.01. The molecule has 11 heteroatoms. The van der Waals surface area contributed by atoms with E-state index in [2.05, 4.69) is 14.5 Å². The highest BCUT2D eigenvalue weighted by Gasteiger charge is 2.41. The topological polar surface area (TPSA) is 132 Å². The van der Waals surface area contributed by atoms with Crippen molar-refractivity contribution in [3.8, 4) is 30.3 Å². The average molecular weight is 627 g/mol. The van der Waals surface area contributed by atoms with Crippen molar-refractivity contribution in [3.05, 3.63) is 149 Å². The van der Waals surface area contributed by atoms with Crippen molar-refractivity contribution in [2.75, 3.05) is 0 Å². The lowest BCUT2D eigenvalue weighted by Gasteiger charge is -2.15. The summed E-state index contributed by atoms with van der Waals surface area (Å²) >= 11 is 0. The molecule has 0 saturated carbocycles. The predicted octanol–water partition coefficient (Wildman–Crippen LogP) is 8.62. The highest BCUT2D eigenvalue weighted by atomic mass is 19.4. The summed E-state index contributed by atoms with van der Waals surface area (Å²) in [5.74, 6) is 0. The van der Waals surface area contributed by atoms with Crippen molar-refractivity contribution in [3.63, 3.8) is 0 Å². The molecule has 48 heavy (non-hydrogen) atoms. The van der Waals surface area contributed by atoms with Crippen molar-refractivity contribution in [2.24, 2.45) is 0 Å². The van der Waals surface area contributed by atoms with E-state index < -0.39 is 28.7 Å². The molecule has 0 bridgehead atoms. The van der Waals surface area contributed by atoms with Gasteiger partial charge in [0.15, 0.2) is 0 Å². The molecule has 0 unspecified atom stereocenters. The first-order valence-electron chi connectivity index (χ1n) is 13.6. The van der Waals surface area contributed by atoms with Crippen molar-refractivity contribution in [2.45, 2.75) is 20.0 Å². The predicted molar refractivity (Wildman–Crippen MR) is 167 cm³/mol. The number of benzene rings is 3. The van der Waals surface area contributed by atoms with E-state index in [9.17, 15) is 39.5 Å². The van der Waals surface area contributed by atoms with Crippen LogP contribution in [-0.4, -0.2) is 0 Å². The average Bonchev–Trinajstić information content (AvgIpc) is 3.58. The van der Waals surface area contributed by atoms with E-state index in [0.29, 0.717) is 11.6 Å². The number of rotatable bonds is 2. The van der Waals surface area contributed by atoms with Gasteiger partial charge >= 0.3 is 6.18 Å². The molecular weight excluding hydrogens is 613 g/mol. The molecule has 0 radical (unpaired) electrons. The van der Waals surface area contributed by atoms with Crippen LogP contribution < -0.4 is 0 Å². The van der Waals surface area contributed by atoms with E-state index in [4.69, 9.17) is 19.7 Å². The minimum absolute atomic E-state index is 0.00626. The molecule has 5 rings (SSSR count). The molecule has 3 aromatic rings. The zero-order valence-electron chi connectivity index (χ0n) is 24.8. The molecule has 2 aliphatic rings. The number of aryl methyl sites for hydroxylation is 2. The van der Waals surface area contributed by atoms with Crippen LogP contribution in [0.25, 0.3) is 48.1 Å². The van der Waals surface area contributed by atoms with Gasteiger partial charge in [0.2, 0.25) is 5.70 Å². The summed E-state index contributed by atoms with van der Waals surface area (Å²) in [6.07, 6.45) is -4.88. The van der Waals surface area contributed by atoms with Gasteiger partial charge in [0.25, 0.3) is 11.4 Å². The van der Waals surface area contributed by atoms with Crippen molar-refractivity contribution in [1.82, 2.24) is 0 Å². The fraction of sp³-hybridized carbons (Fsp3) is 0.0811. The smallest absolute Gasteiger partial charge is 0.237 e. The van der Waals surface area contributed by atoms with E-state index >= 15 is 0 Å². The number of fused-ring (bicyclic) bond motifs is 2. The molecule has 0 N–H and O–H groups in total. The number of hydrogen-bond donors (Lipinski definition) is 0. The first kappa shape index (κ1) is 31.7. The maximum atomic E-state index is 13.7. The van der Waals surface area contributed by atoms with E-state index in [1.807, 2.05) is 32.1 Å². The van der Waals surface area contributed by atoms with Crippen molar-refractivity contribution < 1.29 is 13.2 Å². The lowest BCUT2D eigenvalue weighted by atomic mass is 9.88. The van der Waals surface area contributed by atoms with Gasteiger partial charge in [-0.2, -0.15) is 29.0 Å². The van der Waals surface area contributed by atoms with Crippen LogP contribution in [-0.2, 0) is 6.18 Å². The van der Waals surface area contributed by atoms with Crippen LogP contribution in [0.3, 0.4) is 0 Å². The Morgan fingerprint density at radius 1 is 0.688 bits per heavy atom. The SMILES string of the molecule is [C-]#[N+]C1=C(c2ccc(C)c(C)c2)/C(=C(/C#N)[N+]#[C-])c2cc3c(c(C#N)c21)C(C#N)=C(c1ccc(C(F)(F)F)c(C#N)c1)/C3=C(\C#N)[N+]#[C-]. The van der Waals surface area contributed by atoms with E-state index in [1.54, 1.807) is 24.3 Å². The number of nitrogens with zero attached hydrogens (tertiary/aromatic N) is 8. The summed E-state index contributed by atoms with van der Waals surface area (Å²) in [5, 5.41) is 50.7. The van der Waals surface area contributed by atoms with Gasteiger partial charge < -0.3 is 0 Å². The van der Waals surface area contributed by atoms with Gasteiger partial charge in [-0.3, -0.25) is 0 Å². The van der Waals surface area contributed by atoms with Crippen LogP contribution in [0.1, 0.15) is 61.2 Å². The van der Waals surface area contributed by atoms with Gasteiger partial charge in [-0.1, -0.05) is 24.3 Å². The molecule has 0 aromatic heterocycles. The maximum absolute atomic E-state index is 13.7. The molecule has 3 aromatic carbocycles. The quantitative estimate of drug-likeness (QED) is 0.207. The van der Waals surface area contributed by atoms with Crippen LogP contribution in [0.15, 0.2) is 53.9 Å². The lowest BCUT2D eigenvalue weighted by molar-refractivity contribution is -0.137. The highest BCUT2D eigenvalue weighted by Crippen LogP contribution is 2.57. The molecule has 8 nitrogen and oxygen atoms in total. The molecule has 0 saturated heterocycles. The molecule has 0 aliphatic heterocycles. The molecular formula is C37H13F3N8. The monoisotopic (exact) mass is 626 g/mol. The number of nitriles is 5. The van der Waals surface area contributed by atoms with Crippen LogP contribution in [0.4, 0.5) is 13.2 Å². The minimum Gasteiger partial charge on any atom is -0.237 e. The standard InChI is InChI=1S/C37H13F3N8/c1-18-6-7-20(10-19(18)2)31-35(29(17-45)47-4)24-12-23-32(26(15-43)33(24)36(31)48-5)25(14-42)30(34(23)28(16-44)46-3)21-8-9-27(37(38,39)40)22(11-21)13-41/h6-12H,1-2H3/b34-28+,35-29-. The van der Waals surface area contributed by atoms with Crippen molar-refractivity contribution >= 4 is 33.6 Å². The maximum Gasteiger partial charge on any atom is 0.417 e.